The number of carbonyl (C=O) groups excluding carboxylic acids is 1. The first-order valence-corrected chi connectivity index (χ1v) is 2.73. The van der Waals surface area contributed by atoms with Gasteiger partial charge in [-0.05, 0) is 5.16 Å². The van der Waals surface area contributed by atoms with E-state index in [0.29, 0.717) is 0 Å². The zero-order valence-electron chi connectivity index (χ0n) is 6.35. The van der Waals surface area contributed by atoms with Crippen LogP contribution in [0.3, 0.4) is 0 Å². The number of anilines is 1. The number of hydrogen-bond donors (Lipinski definition) is 4. The summed E-state index contributed by atoms with van der Waals surface area (Å²) in [5, 5.41) is 13.0. The van der Waals surface area contributed by atoms with Crippen LogP contribution >= 0.6 is 0 Å². The van der Waals surface area contributed by atoms with Gasteiger partial charge >= 0.3 is 12.1 Å². The highest BCUT2D eigenvalue weighted by atomic mass is 16.5. The molecule has 9 nitrogen and oxygen atoms in total. The predicted molar refractivity (Wildman–Crippen MR) is 39.5 cm³/mol. The van der Waals surface area contributed by atoms with Crippen LogP contribution in [0.2, 0.25) is 0 Å². The van der Waals surface area contributed by atoms with E-state index in [2.05, 4.69) is 14.7 Å². The molecule has 72 valence electrons. The van der Waals surface area contributed by atoms with Crippen molar-refractivity contribution < 1.29 is 19.2 Å². The van der Waals surface area contributed by atoms with Gasteiger partial charge in [0.05, 0.1) is 0 Å². The molecule has 1 aromatic rings. The van der Waals surface area contributed by atoms with E-state index < -0.39 is 18.0 Å². The molecule has 0 aromatic carbocycles. The smallest absolute Gasteiger partial charge is 0.412 e. The van der Waals surface area contributed by atoms with Crippen molar-refractivity contribution in [3.63, 3.8) is 0 Å². The molecule has 0 aliphatic rings. The Labute approximate surface area is 71.5 Å². The Hall–Kier alpha value is -2.16. The molecule has 0 radical (unpaired) electrons. The quantitative estimate of drug-likeness (QED) is 0.482. The standard InChI is InChI=1S/C4H4N4O4.H3N/c5-1(9)2-6-3(12-8-2)7-4(10)11;/h(H2,5,9)(H,10,11)(H,6,7,8);1H3. The van der Waals surface area contributed by atoms with Crippen LogP contribution in [0.5, 0.6) is 0 Å². The van der Waals surface area contributed by atoms with E-state index in [-0.39, 0.29) is 12.0 Å². The summed E-state index contributed by atoms with van der Waals surface area (Å²) < 4.78 is 4.28. The molecule has 1 heterocycles. The van der Waals surface area contributed by atoms with E-state index >= 15 is 0 Å². The fourth-order valence-electron chi connectivity index (χ4n) is 0.466. The van der Waals surface area contributed by atoms with Crippen LogP contribution in [0.4, 0.5) is 10.8 Å². The van der Waals surface area contributed by atoms with Gasteiger partial charge in [0.25, 0.3) is 11.7 Å². The van der Waals surface area contributed by atoms with Gasteiger partial charge in [-0.2, -0.15) is 4.98 Å². The monoisotopic (exact) mass is 189 g/mol. The van der Waals surface area contributed by atoms with Gasteiger partial charge in [0, 0.05) is 0 Å². The number of nitrogens with two attached hydrogens (primary N) is 1. The van der Waals surface area contributed by atoms with Gasteiger partial charge in [0.2, 0.25) is 0 Å². The molecule has 1 aromatic heterocycles. The van der Waals surface area contributed by atoms with Crippen molar-refractivity contribution in [1.29, 1.82) is 0 Å². The van der Waals surface area contributed by atoms with Crippen LogP contribution in [0, 0.1) is 0 Å². The molecular formula is C4H7N5O4. The Kier molecular flexibility index (Phi) is 3.35. The highest BCUT2D eigenvalue weighted by Crippen LogP contribution is 2.01. The topological polar surface area (TPSA) is 166 Å². The Morgan fingerprint density at radius 1 is 1.54 bits per heavy atom. The second-order valence-electron chi connectivity index (χ2n) is 1.72. The van der Waals surface area contributed by atoms with Crippen LogP contribution in [-0.4, -0.2) is 27.2 Å². The number of carboxylic acid groups (broad SMARTS) is 1. The van der Waals surface area contributed by atoms with Crippen molar-refractivity contribution in [2.24, 2.45) is 5.73 Å². The molecule has 13 heavy (non-hydrogen) atoms. The van der Waals surface area contributed by atoms with E-state index in [1.165, 1.54) is 0 Å². The average Bonchev–Trinajstić information content (AvgIpc) is 2.34. The molecular weight excluding hydrogens is 182 g/mol. The lowest BCUT2D eigenvalue weighted by Crippen LogP contribution is -2.13. The highest BCUT2D eigenvalue weighted by Gasteiger charge is 2.11. The van der Waals surface area contributed by atoms with E-state index in [0.717, 1.165) is 0 Å². The molecule has 2 amide bonds. The molecule has 0 bridgehead atoms. The number of nitrogens with one attached hydrogen (secondary N) is 1. The number of primary amides is 1. The summed E-state index contributed by atoms with van der Waals surface area (Å²) in [5.41, 5.74) is 4.76. The third kappa shape index (κ3) is 2.75. The highest BCUT2D eigenvalue weighted by molar-refractivity contribution is 5.89. The molecule has 0 aliphatic heterocycles. The van der Waals surface area contributed by atoms with Crippen LogP contribution < -0.4 is 17.2 Å². The molecule has 9 heteroatoms. The van der Waals surface area contributed by atoms with E-state index in [4.69, 9.17) is 10.8 Å². The Morgan fingerprint density at radius 2 is 2.15 bits per heavy atom. The van der Waals surface area contributed by atoms with Crippen LogP contribution in [0.15, 0.2) is 4.52 Å². The first-order chi connectivity index (χ1) is 5.59. The fourth-order valence-corrected chi connectivity index (χ4v) is 0.466. The zero-order valence-corrected chi connectivity index (χ0v) is 6.35. The van der Waals surface area contributed by atoms with Gasteiger partial charge in [-0.1, -0.05) is 0 Å². The average molecular weight is 189 g/mol. The van der Waals surface area contributed by atoms with Gasteiger partial charge in [0.1, 0.15) is 0 Å². The number of amides is 2. The SMILES string of the molecule is N.NC(=O)c1noc(NC(=O)O)n1. The molecule has 7 N–H and O–H groups in total. The van der Waals surface area contributed by atoms with Crippen molar-refractivity contribution in [3.8, 4) is 0 Å². The lowest BCUT2D eigenvalue weighted by Gasteiger charge is -1.87. The maximum Gasteiger partial charge on any atom is 0.412 e. The summed E-state index contributed by atoms with van der Waals surface area (Å²) in [5.74, 6) is -1.27. The van der Waals surface area contributed by atoms with Gasteiger partial charge in [-0.3, -0.25) is 4.79 Å². The second-order valence-corrected chi connectivity index (χ2v) is 1.72. The van der Waals surface area contributed by atoms with Gasteiger partial charge in [-0.25, -0.2) is 10.1 Å². The summed E-state index contributed by atoms with van der Waals surface area (Å²) in [6, 6.07) is -0.392. The van der Waals surface area contributed by atoms with Crippen molar-refractivity contribution in [2.75, 3.05) is 5.32 Å². The Bertz CT molecular complexity index is 320. The molecule has 0 spiro atoms. The number of hydrogen-bond acceptors (Lipinski definition) is 6. The third-order valence-corrected chi connectivity index (χ3v) is 0.860. The summed E-state index contributed by atoms with van der Waals surface area (Å²) in [6.07, 6.45) is -1.37. The summed E-state index contributed by atoms with van der Waals surface area (Å²) in [4.78, 5) is 23.7. The van der Waals surface area contributed by atoms with Crippen molar-refractivity contribution in [3.05, 3.63) is 5.82 Å². The Balaban J connectivity index is 0.00000144. The minimum absolute atomic E-state index is 0. The molecule has 1 rings (SSSR count). The summed E-state index contributed by atoms with van der Waals surface area (Å²) in [7, 11) is 0. The first kappa shape index (κ1) is 10.8. The Morgan fingerprint density at radius 3 is 2.54 bits per heavy atom. The number of aromatic nitrogens is 2. The zero-order chi connectivity index (χ0) is 9.14. The molecule has 0 saturated heterocycles. The van der Waals surface area contributed by atoms with E-state index in [9.17, 15) is 9.59 Å². The van der Waals surface area contributed by atoms with E-state index in [1.54, 1.807) is 5.32 Å². The van der Waals surface area contributed by atoms with Crippen molar-refractivity contribution in [2.45, 2.75) is 0 Å². The van der Waals surface area contributed by atoms with Crippen LogP contribution in [0.25, 0.3) is 0 Å². The van der Waals surface area contributed by atoms with E-state index in [1.807, 2.05) is 0 Å². The number of rotatable bonds is 2. The maximum atomic E-state index is 10.4. The molecule has 0 unspecified atom stereocenters. The first-order valence-electron chi connectivity index (χ1n) is 2.73. The third-order valence-electron chi connectivity index (χ3n) is 0.860. The number of carbonyl (C=O) groups is 2. The molecule has 0 saturated carbocycles. The van der Waals surface area contributed by atoms with Crippen LogP contribution in [-0.2, 0) is 0 Å². The van der Waals surface area contributed by atoms with Gasteiger partial charge in [0.15, 0.2) is 0 Å². The minimum atomic E-state index is -1.37. The molecule has 0 atom stereocenters. The second kappa shape index (κ2) is 4.01. The van der Waals surface area contributed by atoms with Crippen LogP contribution in [0.1, 0.15) is 10.6 Å². The van der Waals surface area contributed by atoms with Crippen molar-refractivity contribution in [1.82, 2.24) is 16.3 Å². The number of nitrogens with zero attached hydrogens (tertiary/aromatic N) is 2. The maximum absolute atomic E-state index is 10.4. The summed E-state index contributed by atoms with van der Waals surface area (Å²) in [6.45, 7) is 0. The lowest BCUT2D eigenvalue weighted by atomic mass is 10.6. The minimum Gasteiger partial charge on any atom is -0.465 e. The van der Waals surface area contributed by atoms with Crippen molar-refractivity contribution >= 4 is 18.0 Å². The fraction of sp³-hybridized carbons (Fsp3) is 0. The lowest BCUT2D eigenvalue weighted by molar-refractivity contribution is 0.0987. The van der Waals surface area contributed by atoms with Gasteiger partial charge < -0.3 is 21.5 Å². The molecule has 0 aliphatic carbocycles. The summed E-state index contributed by atoms with van der Waals surface area (Å²) >= 11 is 0. The molecule has 0 fully saturated rings. The normalized spacial score (nSPS) is 8.62. The predicted octanol–water partition coefficient (Wildman–Crippen LogP) is -0.580. The van der Waals surface area contributed by atoms with Gasteiger partial charge in [-0.15, -0.1) is 0 Å². The largest absolute Gasteiger partial charge is 0.465 e.